The van der Waals surface area contributed by atoms with Crippen LogP contribution in [0.15, 0.2) is 42.6 Å². The van der Waals surface area contributed by atoms with E-state index in [4.69, 9.17) is 11.6 Å². The third kappa shape index (κ3) is 4.79. The van der Waals surface area contributed by atoms with Gasteiger partial charge in [0.2, 0.25) is 11.9 Å². The molecule has 2 heterocycles. The summed E-state index contributed by atoms with van der Waals surface area (Å²) in [6, 6.07) is 9.96. The Kier molecular flexibility index (Phi) is 6.93. The van der Waals surface area contributed by atoms with Gasteiger partial charge in [-0.3, -0.25) is 9.59 Å². The average Bonchev–Trinajstić information content (AvgIpc) is 2.99. The number of aromatic nitrogens is 2. The first kappa shape index (κ1) is 23.4. The maximum Gasteiger partial charge on any atom is 0.253 e. The van der Waals surface area contributed by atoms with E-state index in [9.17, 15) is 14.0 Å². The molecule has 0 atom stereocenters. The normalized spacial score (nSPS) is 13.2. The number of anilines is 5. The smallest absolute Gasteiger partial charge is 0.253 e. The first-order chi connectivity index (χ1) is 16.4. The highest BCUT2D eigenvalue weighted by molar-refractivity contribution is 6.33. The topological polar surface area (TPSA) is 99.3 Å². The highest BCUT2D eigenvalue weighted by Gasteiger charge is 2.21. The number of amides is 2. The van der Waals surface area contributed by atoms with Gasteiger partial charge in [0.25, 0.3) is 5.91 Å². The number of carbonyl (C=O) groups excluding carboxylic acids is 2. The van der Waals surface area contributed by atoms with Gasteiger partial charge < -0.3 is 20.9 Å². The second-order valence-corrected chi connectivity index (χ2v) is 8.12. The summed E-state index contributed by atoms with van der Waals surface area (Å²) in [6.07, 6.45) is 3.55. The lowest BCUT2D eigenvalue weighted by molar-refractivity contribution is -0.118. The maximum absolute atomic E-state index is 14.5. The average molecular weight is 483 g/mol. The van der Waals surface area contributed by atoms with Crippen LogP contribution in [0.1, 0.15) is 35.7 Å². The van der Waals surface area contributed by atoms with Crippen LogP contribution in [-0.4, -0.2) is 35.4 Å². The molecule has 2 amide bonds. The fourth-order valence-corrected chi connectivity index (χ4v) is 4.03. The molecule has 0 spiro atoms. The first-order valence-electron chi connectivity index (χ1n) is 10.9. The van der Waals surface area contributed by atoms with E-state index >= 15 is 0 Å². The molecule has 3 N–H and O–H groups in total. The largest absolute Gasteiger partial charge is 0.355 e. The number of aryl methyl sites for hydroxylation is 1. The van der Waals surface area contributed by atoms with Crippen LogP contribution in [0.4, 0.5) is 33.2 Å². The molecule has 4 rings (SSSR count). The van der Waals surface area contributed by atoms with Gasteiger partial charge in [-0.1, -0.05) is 23.7 Å². The van der Waals surface area contributed by atoms with Crippen LogP contribution in [0, 0.1) is 5.82 Å². The summed E-state index contributed by atoms with van der Waals surface area (Å²) in [5, 5.41) is 8.57. The van der Waals surface area contributed by atoms with Crippen LogP contribution < -0.4 is 20.9 Å². The number of nitrogens with one attached hydrogen (secondary N) is 3. The zero-order chi connectivity index (χ0) is 24.2. The van der Waals surface area contributed by atoms with Crippen LogP contribution in [0.5, 0.6) is 0 Å². The lowest BCUT2D eigenvalue weighted by Crippen LogP contribution is -2.29. The lowest BCUT2D eigenvalue weighted by atomic mass is 10.1. The summed E-state index contributed by atoms with van der Waals surface area (Å²) in [7, 11) is 1.46. The Labute approximate surface area is 201 Å². The third-order valence-electron chi connectivity index (χ3n) is 5.56. The summed E-state index contributed by atoms with van der Waals surface area (Å²) < 4.78 is 14.5. The molecule has 0 unspecified atom stereocenters. The molecule has 0 aliphatic carbocycles. The standard InChI is InChI=1S/C24H24ClFN6O2/c1-3-32-19-12-15(11-10-14(19)6-4-9-20(32)33)29-24-28-13-17(25)22(31-24)30-21-16(23(34)27-2)7-5-8-18(21)26/h5,7-8,10-13H,3-4,6,9H2,1-2H3,(H,27,34)(H2,28,29,30,31). The van der Waals surface area contributed by atoms with Gasteiger partial charge in [-0.05, 0) is 49.6 Å². The van der Waals surface area contributed by atoms with E-state index in [1.807, 2.05) is 25.1 Å². The highest BCUT2D eigenvalue weighted by atomic mass is 35.5. The van der Waals surface area contributed by atoms with E-state index in [-0.39, 0.29) is 33.9 Å². The molecule has 0 radical (unpaired) electrons. The first-order valence-corrected chi connectivity index (χ1v) is 11.3. The summed E-state index contributed by atoms with van der Waals surface area (Å²) >= 11 is 6.25. The van der Waals surface area contributed by atoms with Crippen molar-refractivity contribution in [2.45, 2.75) is 26.2 Å². The third-order valence-corrected chi connectivity index (χ3v) is 5.84. The van der Waals surface area contributed by atoms with E-state index in [2.05, 4.69) is 25.9 Å². The van der Waals surface area contributed by atoms with Crippen LogP contribution in [0.25, 0.3) is 0 Å². The minimum atomic E-state index is -0.625. The molecule has 0 bridgehead atoms. The highest BCUT2D eigenvalue weighted by Crippen LogP contribution is 2.32. The number of halogens is 2. The van der Waals surface area contributed by atoms with Gasteiger partial charge in [0.1, 0.15) is 10.8 Å². The summed E-state index contributed by atoms with van der Waals surface area (Å²) in [5.74, 6) is -0.627. The molecule has 10 heteroatoms. The van der Waals surface area contributed by atoms with E-state index < -0.39 is 11.7 Å². The molecule has 176 valence electrons. The Bertz CT molecular complexity index is 1250. The molecule has 34 heavy (non-hydrogen) atoms. The van der Waals surface area contributed by atoms with Gasteiger partial charge >= 0.3 is 0 Å². The Hall–Kier alpha value is -3.72. The van der Waals surface area contributed by atoms with Crippen molar-refractivity contribution in [2.75, 3.05) is 29.1 Å². The maximum atomic E-state index is 14.5. The van der Waals surface area contributed by atoms with Crippen molar-refractivity contribution in [3.8, 4) is 0 Å². The molecule has 1 aliphatic rings. The molecule has 0 fully saturated rings. The van der Waals surface area contributed by atoms with E-state index in [1.54, 1.807) is 4.90 Å². The van der Waals surface area contributed by atoms with Crippen LogP contribution in [0.3, 0.4) is 0 Å². The van der Waals surface area contributed by atoms with Crippen molar-refractivity contribution in [1.82, 2.24) is 15.3 Å². The Morgan fingerprint density at radius 2 is 2.03 bits per heavy atom. The predicted molar refractivity (Wildman–Crippen MR) is 131 cm³/mol. The van der Waals surface area contributed by atoms with Crippen molar-refractivity contribution < 1.29 is 14.0 Å². The van der Waals surface area contributed by atoms with Crippen molar-refractivity contribution in [2.24, 2.45) is 0 Å². The fraction of sp³-hybridized carbons (Fsp3) is 0.250. The molecule has 0 saturated heterocycles. The zero-order valence-corrected chi connectivity index (χ0v) is 19.5. The van der Waals surface area contributed by atoms with Crippen molar-refractivity contribution in [1.29, 1.82) is 0 Å². The molecule has 8 nitrogen and oxygen atoms in total. The number of carbonyl (C=O) groups is 2. The van der Waals surface area contributed by atoms with Crippen LogP contribution in [0.2, 0.25) is 5.02 Å². The SMILES string of the molecule is CCN1C(=O)CCCc2ccc(Nc3ncc(Cl)c(Nc4c(F)cccc4C(=O)NC)n3)cc21. The van der Waals surface area contributed by atoms with Gasteiger partial charge in [0, 0.05) is 31.4 Å². The number of hydrogen-bond donors (Lipinski definition) is 3. The van der Waals surface area contributed by atoms with E-state index in [0.717, 1.165) is 24.1 Å². The molecular formula is C24H24ClFN6O2. The molecule has 3 aromatic rings. The van der Waals surface area contributed by atoms with Crippen LogP contribution >= 0.6 is 11.6 Å². The van der Waals surface area contributed by atoms with Gasteiger partial charge in [-0.25, -0.2) is 9.37 Å². The van der Waals surface area contributed by atoms with Crippen molar-refractivity contribution in [3.63, 3.8) is 0 Å². The molecule has 0 saturated carbocycles. The van der Waals surface area contributed by atoms with E-state index in [1.165, 1.54) is 31.4 Å². The van der Waals surface area contributed by atoms with Gasteiger partial charge in [0.15, 0.2) is 5.82 Å². The van der Waals surface area contributed by atoms with Crippen molar-refractivity contribution in [3.05, 3.63) is 64.6 Å². The fourth-order valence-electron chi connectivity index (χ4n) is 3.89. The molecule has 1 aliphatic heterocycles. The van der Waals surface area contributed by atoms with Gasteiger partial charge in [-0.15, -0.1) is 0 Å². The van der Waals surface area contributed by atoms with Crippen LogP contribution in [-0.2, 0) is 11.2 Å². The monoisotopic (exact) mass is 482 g/mol. The second-order valence-electron chi connectivity index (χ2n) is 7.72. The number of benzene rings is 2. The summed E-state index contributed by atoms with van der Waals surface area (Å²) in [5.41, 5.74) is 2.73. The van der Waals surface area contributed by atoms with E-state index in [0.29, 0.717) is 18.7 Å². The molecule has 2 aromatic carbocycles. The quantitative estimate of drug-likeness (QED) is 0.466. The zero-order valence-electron chi connectivity index (χ0n) is 18.8. The predicted octanol–water partition coefficient (Wildman–Crippen LogP) is 4.81. The minimum absolute atomic E-state index is 0.0458. The molecule has 1 aromatic heterocycles. The number of hydrogen-bond acceptors (Lipinski definition) is 6. The Morgan fingerprint density at radius 3 is 2.79 bits per heavy atom. The number of nitrogens with zero attached hydrogens (tertiary/aromatic N) is 3. The number of fused-ring (bicyclic) bond motifs is 1. The van der Waals surface area contributed by atoms with Crippen molar-refractivity contribution >= 4 is 52.2 Å². The Morgan fingerprint density at radius 1 is 1.21 bits per heavy atom. The summed E-state index contributed by atoms with van der Waals surface area (Å²) in [4.78, 5) is 35.0. The van der Waals surface area contributed by atoms with Gasteiger partial charge in [-0.2, -0.15) is 4.98 Å². The number of rotatable bonds is 6. The lowest BCUT2D eigenvalue weighted by Gasteiger charge is -2.22. The summed E-state index contributed by atoms with van der Waals surface area (Å²) in [6.45, 7) is 2.53. The van der Waals surface area contributed by atoms with Gasteiger partial charge in [0.05, 0.1) is 17.4 Å². The molecular weight excluding hydrogens is 459 g/mol. The number of para-hydroxylation sites is 1. The minimum Gasteiger partial charge on any atom is -0.355 e. The second kappa shape index (κ2) is 10.0. The Balaban J connectivity index is 1.64.